The zero-order valence-electron chi connectivity index (χ0n) is 10.4. The van der Waals surface area contributed by atoms with Crippen molar-refractivity contribution in [2.24, 2.45) is 0 Å². The van der Waals surface area contributed by atoms with Gasteiger partial charge in [-0.25, -0.2) is 0 Å². The summed E-state index contributed by atoms with van der Waals surface area (Å²) in [6.45, 7) is 0. The molecule has 2 aromatic carbocycles. The zero-order valence-corrected chi connectivity index (χ0v) is 11.9. The molecule has 0 aliphatic carbocycles. The second-order valence-corrected chi connectivity index (χ2v) is 5.41. The van der Waals surface area contributed by atoms with Gasteiger partial charge < -0.3 is 10.6 Å². The zero-order chi connectivity index (χ0) is 14.2. The van der Waals surface area contributed by atoms with Crippen molar-refractivity contribution in [1.29, 1.82) is 5.26 Å². The quantitative estimate of drug-likeness (QED) is 0.889. The summed E-state index contributed by atoms with van der Waals surface area (Å²) in [6.07, 6.45) is 0. The molecule has 1 amide bonds. The van der Waals surface area contributed by atoms with Gasteiger partial charge in [0.05, 0.1) is 0 Å². The van der Waals surface area contributed by atoms with Gasteiger partial charge in [0.25, 0.3) is 5.91 Å². The molecule has 1 heterocycles. The molecule has 2 N–H and O–H groups in total. The van der Waals surface area contributed by atoms with Gasteiger partial charge in [-0.15, -0.1) is 0 Å². The van der Waals surface area contributed by atoms with Crippen LogP contribution in [-0.4, -0.2) is 5.91 Å². The van der Waals surface area contributed by atoms with Gasteiger partial charge in [-0.05, 0) is 24.3 Å². The number of anilines is 2. The van der Waals surface area contributed by atoms with E-state index in [9.17, 15) is 10.1 Å². The molecular weight excluding hydrogens is 318 g/mol. The Morgan fingerprint density at radius 2 is 2.00 bits per heavy atom. The van der Waals surface area contributed by atoms with Crippen molar-refractivity contribution >= 4 is 33.2 Å². The van der Waals surface area contributed by atoms with Crippen LogP contribution in [-0.2, 0) is 10.3 Å². The number of carbonyl (C=O) groups is 1. The number of hydrogen-bond acceptors (Lipinski definition) is 3. The number of amides is 1. The Labute approximate surface area is 124 Å². The average molecular weight is 328 g/mol. The Kier molecular flexibility index (Phi) is 2.96. The van der Waals surface area contributed by atoms with Crippen molar-refractivity contribution < 1.29 is 4.79 Å². The Morgan fingerprint density at radius 1 is 1.20 bits per heavy atom. The summed E-state index contributed by atoms with van der Waals surface area (Å²) in [5, 5.41) is 15.4. The summed E-state index contributed by atoms with van der Waals surface area (Å²) < 4.78 is 0.877. The number of carbonyl (C=O) groups excluding carboxylic acids is 1. The van der Waals surface area contributed by atoms with Gasteiger partial charge in [0.2, 0.25) is 5.54 Å². The number of nitriles is 1. The van der Waals surface area contributed by atoms with Crippen LogP contribution in [0.5, 0.6) is 0 Å². The summed E-state index contributed by atoms with van der Waals surface area (Å²) >= 11 is 3.37. The van der Waals surface area contributed by atoms with Crippen molar-refractivity contribution in [2.45, 2.75) is 5.54 Å². The van der Waals surface area contributed by atoms with E-state index in [0.717, 1.165) is 4.47 Å². The van der Waals surface area contributed by atoms with E-state index in [1.54, 1.807) is 12.1 Å². The fourth-order valence-electron chi connectivity index (χ4n) is 2.30. The molecule has 0 saturated heterocycles. The van der Waals surface area contributed by atoms with Crippen molar-refractivity contribution in [3.8, 4) is 6.07 Å². The number of nitrogens with zero attached hydrogens (tertiary/aromatic N) is 1. The molecule has 5 heteroatoms. The van der Waals surface area contributed by atoms with Crippen molar-refractivity contribution in [1.82, 2.24) is 0 Å². The van der Waals surface area contributed by atoms with Crippen LogP contribution >= 0.6 is 15.9 Å². The minimum absolute atomic E-state index is 0.360. The highest BCUT2D eigenvalue weighted by Gasteiger charge is 2.47. The molecule has 20 heavy (non-hydrogen) atoms. The van der Waals surface area contributed by atoms with Gasteiger partial charge in [0, 0.05) is 21.4 Å². The number of benzene rings is 2. The fraction of sp³-hybridized carbons (Fsp3) is 0.0667. The lowest BCUT2D eigenvalue weighted by Gasteiger charge is -2.22. The third kappa shape index (κ3) is 1.86. The van der Waals surface area contributed by atoms with Crippen LogP contribution in [0.2, 0.25) is 0 Å². The van der Waals surface area contributed by atoms with Crippen LogP contribution in [0.4, 0.5) is 11.4 Å². The lowest BCUT2D eigenvalue weighted by molar-refractivity contribution is -0.118. The summed E-state index contributed by atoms with van der Waals surface area (Å²) in [7, 11) is 0. The Hall–Kier alpha value is -2.32. The highest BCUT2D eigenvalue weighted by atomic mass is 79.9. The normalized spacial score (nSPS) is 19.9. The molecule has 0 unspecified atom stereocenters. The van der Waals surface area contributed by atoms with Crippen LogP contribution < -0.4 is 10.6 Å². The van der Waals surface area contributed by atoms with Crippen LogP contribution in [0.25, 0.3) is 0 Å². The largest absolute Gasteiger partial charge is 0.356 e. The molecule has 0 fully saturated rings. The third-order valence-corrected chi connectivity index (χ3v) is 3.74. The molecule has 4 nitrogen and oxygen atoms in total. The number of fused-ring (bicyclic) bond motifs is 1. The first-order valence-electron chi connectivity index (χ1n) is 6.02. The van der Waals surface area contributed by atoms with Crippen molar-refractivity contribution in [2.75, 3.05) is 10.6 Å². The van der Waals surface area contributed by atoms with E-state index in [1.807, 2.05) is 36.4 Å². The van der Waals surface area contributed by atoms with Gasteiger partial charge >= 0.3 is 0 Å². The van der Waals surface area contributed by atoms with Crippen LogP contribution in [0.15, 0.2) is 53.0 Å². The number of halogens is 1. The van der Waals surface area contributed by atoms with Crippen LogP contribution in [0, 0.1) is 11.3 Å². The number of para-hydroxylation sites is 1. The molecule has 0 spiro atoms. The maximum atomic E-state index is 12.3. The first kappa shape index (κ1) is 12.7. The van der Waals surface area contributed by atoms with Crippen LogP contribution in [0.1, 0.15) is 5.56 Å². The minimum Gasteiger partial charge on any atom is -0.356 e. The summed E-state index contributed by atoms with van der Waals surface area (Å²) in [5.74, 6) is -0.360. The Bertz CT molecular complexity index is 738. The summed E-state index contributed by atoms with van der Waals surface area (Å²) in [5.41, 5.74) is 0.624. The second-order valence-electron chi connectivity index (χ2n) is 4.50. The first-order chi connectivity index (χ1) is 9.65. The standard InChI is InChI=1S/C15H10BrN3O/c16-10-4-3-5-11(8-10)19-15(9-17)12-6-1-2-7-13(12)18-14(15)20/h1-8,19H,(H,18,20)/t15-/m0/s1. The molecule has 3 rings (SSSR count). The monoisotopic (exact) mass is 327 g/mol. The first-order valence-corrected chi connectivity index (χ1v) is 6.81. The van der Waals surface area contributed by atoms with Gasteiger partial charge in [-0.3, -0.25) is 4.79 Å². The van der Waals surface area contributed by atoms with E-state index in [1.165, 1.54) is 0 Å². The van der Waals surface area contributed by atoms with E-state index in [4.69, 9.17) is 0 Å². The maximum absolute atomic E-state index is 12.3. The van der Waals surface area contributed by atoms with Gasteiger partial charge in [0.1, 0.15) is 6.07 Å². The summed E-state index contributed by atoms with van der Waals surface area (Å²) in [6, 6.07) is 16.7. The smallest absolute Gasteiger partial charge is 0.269 e. The average Bonchev–Trinajstić information content (AvgIpc) is 2.72. The Balaban J connectivity index is 2.09. The predicted molar refractivity (Wildman–Crippen MR) is 80.1 cm³/mol. The lowest BCUT2D eigenvalue weighted by Crippen LogP contribution is -2.40. The molecule has 98 valence electrons. The molecule has 2 aromatic rings. The van der Waals surface area contributed by atoms with Gasteiger partial charge in [0.15, 0.2) is 0 Å². The number of nitrogens with one attached hydrogen (secondary N) is 2. The van der Waals surface area contributed by atoms with E-state index in [0.29, 0.717) is 16.9 Å². The molecule has 0 radical (unpaired) electrons. The van der Waals surface area contributed by atoms with E-state index < -0.39 is 5.54 Å². The van der Waals surface area contributed by atoms with Crippen molar-refractivity contribution in [3.05, 3.63) is 58.6 Å². The molecular formula is C15H10BrN3O. The predicted octanol–water partition coefficient (Wildman–Crippen LogP) is 3.23. The molecule has 1 atom stereocenters. The lowest BCUT2D eigenvalue weighted by atomic mass is 9.92. The highest BCUT2D eigenvalue weighted by Crippen LogP contribution is 2.38. The molecule has 1 aliphatic heterocycles. The molecule has 0 saturated carbocycles. The minimum atomic E-state index is -1.39. The summed E-state index contributed by atoms with van der Waals surface area (Å²) in [4.78, 5) is 12.3. The van der Waals surface area contributed by atoms with Gasteiger partial charge in [-0.2, -0.15) is 5.26 Å². The molecule has 0 bridgehead atoms. The highest BCUT2D eigenvalue weighted by molar-refractivity contribution is 9.10. The SMILES string of the molecule is N#C[C@@]1(Nc2cccc(Br)c2)C(=O)Nc2ccccc21. The fourth-order valence-corrected chi connectivity index (χ4v) is 2.70. The van der Waals surface area contributed by atoms with Gasteiger partial charge in [-0.1, -0.05) is 40.2 Å². The number of hydrogen-bond donors (Lipinski definition) is 2. The molecule has 1 aliphatic rings. The topological polar surface area (TPSA) is 64.9 Å². The van der Waals surface area contributed by atoms with E-state index in [-0.39, 0.29) is 5.91 Å². The van der Waals surface area contributed by atoms with Crippen molar-refractivity contribution in [3.63, 3.8) is 0 Å². The van der Waals surface area contributed by atoms with E-state index >= 15 is 0 Å². The van der Waals surface area contributed by atoms with Crippen LogP contribution in [0.3, 0.4) is 0 Å². The maximum Gasteiger partial charge on any atom is 0.269 e. The van der Waals surface area contributed by atoms with E-state index in [2.05, 4.69) is 32.6 Å². The second kappa shape index (κ2) is 4.66. The Morgan fingerprint density at radius 3 is 2.75 bits per heavy atom. The number of rotatable bonds is 2. The third-order valence-electron chi connectivity index (χ3n) is 3.24. The molecule has 0 aromatic heterocycles.